The summed E-state index contributed by atoms with van der Waals surface area (Å²) in [4.78, 5) is 15.1. The molecule has 4 aromatic rings. The monoisotopic (exact) mass is 428 g/mol. The van der Waals surface area contributed by atoms with Gasteiger partial charge in [0.2, 0.25) is 0 Å². The maximum absolute atomic E-state index is 13.3. The SMILES string of the molecule is Cn1nc(-c2nncn2CC2CC2)c2c1CCN(C(=O)c1cc(-c3ccccc3)n[nH]1)C2. The molecule has 1 aliphatic carbocycles. The zero-order valence-electron chi connectivity index (χ0n) is 17.9. The molecule has 162 valence electrons. The second kappa shape index (κ2) is 7.44. The van der Waals surface area contributed by atoms with Gasteiger partial charge in [-0.15, -0.1) is 10.2 Å². The van der Waals surface area contributed by atoms with Crippen LogP contribution in [-0.2, 0) is 26.6 Å². The molecule has 3 aromatic heterocycles. The third kappa shape index (κ3) is 3.30. The minimum atomic E-state index is -0.0559. The molecule has 0 unspecified atom stereocenters. The number of carbonyl (C=O) groups is 1. The first-order chi connectivity index (χ1) is 15.7. The molecule has 9 heteroatoms. The Bertz CT molecular complexity index is 1280. The summed E-state index contributed by atoms with van der Waals surface area (Å²) >= 11 is 0. The van der Waals surface area contributed by atoms with Crippen molar-refractivity contribution in [2.45, 2.75) is 32.4 Å². The molecule has 0 atom stereocenters. The van der Waals surface area contributed by atoms with Gasteiger partial charge in [-0.3, -0.25) is 14.6 Å². The highest BCUT2D eigenvalue weighted by molar-refractivity contribution is 5.93. The average Bonchev–Trinajstić information content (AvgIpc) is 3.20. The number of nitrogens with one attached hydrogen (secondary N) is 1. The Morgan fingerprint density at radius 2 is 2.06 bits per heavy atom. The van der Waals surface area contributed by atoms with E-state index in [2.05, 4.69) is 25.0 Å². The maximum Gasteiger partial charge on any atom is 0.272 e. The van der Waals surface area contributed by atoms with E-state index in [0.717, 1.165) is 47.0 Å². The van der Waals surface area contributed by atoms with Gasteiger partial charge in [-0.05, 0) is 24.8 Å². The van der Waals surface area contributed by atoms with Gasteiger partial charge >= 0.3 is 0 Å². The number of aromatic amines is 1. The van der Waals surface area contributed by atoms with E-state index in [1.165, 1.54) is 12.8 Å². The van der Waals surface area contributed by atoms with Crippen LogP contribution in [0.25, 0.3) is 22.8 Å². The number of aromatic nitrogens is 7. The summed E-state index contributed by atoms with van der Waals surface area (Å²) in [7, 11) is 1.96. The molecule has 1 amide bonds. The lowest BCUT2D eigenvalue weighted by Gasteiger charge is -2.27. The minimum Gasteiger partial charge on any atom is -0.332 e. The fourth-order valence-electron chi connectivity index (χ4n) is 4.45. The molecule has 4 heterocycles. The number of nitrogens with zero attached hydrogens (tertiary/aromatic N) is 7. The van der Waals surface area contributed by atoms with E-state index >= 15 is 0 Å². The standard InChI is InChI=1S/C23H24N8O/c1-29-20-9-10-30(23(32)19-11-18(25-26-19)16-5-3-2-4-6-16)13-17(20)21(28-29)22-27-24-14-31(22)12-15-7-8-15/h2-6,11,14-15H,7-10,12-13H2,1H3,(H,25,26). The first kappa shape index (κ1) is 19.0. The molecule has 1 saturated carbocycles. The molecule has 0 bridgehead atoms. The van der Waals surface area contributed by atoms with Crippen LogP contribution in [0.5, 0.6) is 0 Å². The molecule has 1 aliphatic heterocycles. The molecule has 6 rings (SSSR count). The Morgan fingerprint density at radius 1 is 1.22 bits per heavy atom. The van der Waals surface area contributed by atoms with Crippen molar-refractivity contribution in [2.75, 3.05) is 6.54 Å². The van der Waals surface area contributed by atoms with Crippen molar-refractivity contribution in [3.63, 3.8) is 0 Å². The Labute approximate surface area is 185 Å². The van der Waals surface area contributed by atoms with E-state index in [4.69, 9.17) is 5.10 Å². The van der Waals surface area contributed by atoms with Crippen molar-refractivity contribution < 1.29 is 4.79 Å². The fourth-order valence-corrected chi connectivity index (χ4v) is 4.45. The number of rotatable bonds is 5. The van der Waals surface area contributed by atoms with Crippen molar-refractivity contribution in [2.24, 2.45) is 13.0 Å². The topological polar surface area (TPSA) is 97.5 Å². The number of fused-ring (bicyclic) bond motifs is 1. The van der Waals surface area contributed by atoms with Crippen LogP contribution >= 0.6 is 0 Å². The molecule has 2 aliphatic rings. The van der Waals surface area contributed by atoms with Crippen molar-refractivity contribution in [3.8, 4) is 22.8 Å². The number of H-pyrrole nitrogens is 1. The van der Waals surface area contributed by atoms with Gasteiger partial charge in [0.25, 0.3) is 5.91 Å². The summed E-state index contributed by atoms with van der Waals surface area (Å²) in [5.41, 5.74) is 5.28. The van der Waals surface area contributed by atoms with E-state index in [1.807, 2.05) is 53.0 Å². The van der Waals surface area contributed by atoms with E-state index in [0.29, 0.717) is 24.7 Å². The predicted molar refractivity (Wildman–Crippen MR) is 117 cm³/mol. The van der Waals surface area contributed by atoms with Gasteiger partial charge in [0.05, 0.1) is 12.2 Å². The molecule has 32 heavy (non-hydrogen) atoms. The van der Waals surface area contributed by atoms with Gasteiger partial charge in [-0.25, -0.2) is 0 Å². The molecule has 1 aromatic carbocycles. The predicted octanol–water partition coefficient (Wildman–Crippen LogP) is 2.68. The van der Waals surface area contributed by atoms with Crippen LogP contribution in [0.15, 0.2) is 42.7 Å². The highest BCUT2D eigenvalue weighted by Gasteiger charge is 2.31. The van der Waals surface area contributed by atoms with Crippen molar-refractivity contribution >= 4 is 5.91 Å². The fraction of sp³-hybridized carbons (Fsp3) is 0.348. The third-order valence-electron chi connectivity index (χ3n) is 6.39. The molecule has 1 N–H and O–H groups in total. The summed E-state index contributed by atoms with van der Waals surface area (Å²) in [6, 6.07) is 11.7. The van der Waals surface area contributed by atoms with E-state index in [-0.39, 0.29) is 5.91 Å². The largest absolute Gasteiger partial charge is 0.332 e. The maximum atomic E-state index is 13.3. The smallest absolute Gasteiger partial charge is 0.272 e. The van der Waals surface area contributed by atoms with E-state index < -0.39 is 0 Å². The summed E-state index contributed by atoms with van der Waals surface area (Å²) in [5.74, 6) is 1.44. The first-order valence-electron chi connectivity index (χ1n) is 11.0. The zero-order chi connectivity index (χ0) is 21.7. The lowest BCUT2D eigenvalue weighted by Crippen LogP contribution is -2.36. The van der Waals surface area contributed by atoms with Crippen LogP contribution in [0.3, 0.4) is 0 Å². The number of hydrogen-bond donors (Lipinski definition) is 1. The number of hydrogen-bond acceptors (Lipinski definition) is 5. The molecule has 0 saturated heterocycles. The van der Waals surface area contributed by atoms with Gasteiger partial charge < -0.3 is 9.47 Å². The first-order valence-corrected chi connectivity index (χ1v) is 11.0. The van der Waals surface area contributed by atoms with Gasteiger partial charge in [0.1, 0.15) is 17.7 Å². The van der Waals surface area contributed by atoms with Crippen LogP contribution < -0.4 is 0 Å². The summed E-state index contributed by atoms with van der Waals surface area (Å²) in [5, 5.41) is 20.5. The van der Waals surface area contributed by atoms with Crippen LogP contribution in [-0.4, -0.2) is 52.1 Å². The lowest BCUT2D eigenvalue weighted by molar-refractivity contribution is 0.0727. The van der Waals surface area contributed by atoms with Gasteiger partial charge in [-0.1, -0.05) is 30.3 Å². The van der Waals surface area contributed by atoms with E-state index in [1.54, 1.807) is 6.33 Å². The van der Waals surface area contributed by atoms with Crippen LogP contribution in [0.2, 0.25) is 0 Å². The normalized spacial score (nSPS) is 15.7. The van der Waals surface area contributed by atoms with Crippen molar-refractivity contribution in [1.29, 1.82) is 0 Å². The molecular weight excluding hydrogens is 404 g/mol. The Morgan fingerprint density at radius 3 is 2.88 bits per heavy atom. The molecular formula is C23H24N8O. The lowest BCUT2D eigenvalue weighted by atomic mass is 10.0. The van der Waals surface area contributed by atoms with E-state index in [9.17, 15) is 4.79 Å². The van der Waals surface area contributed by atoms with Crippen LogP contribution in [0, 0.1) is 5.92 Å². The minimum absolute atomic E-state index is 0.0559. The van der Waals surface area contributed by atoms with Gasteiger partial charge in [-0.2, -0.15) is 10.2 Å². The molecule has 0 spiro atoms. The Kier molecular flexibility index (Phi) is 4.41. The second-order valence-electron chi connectivity index (χ2n) is 8.66. The average molecular weight is 429 g/mol. The quantitative estimate of drug-likeness (QED) is 0.527. The third-order valence-corrected chi connectivity index (χ3v) is 6.39. The zero-order valence-corrected chi connectivity index (χ0v) is 17.9. The Hall–Kier alpha value is -3.75. The highest BCUT2D eigenvalue weighted by Crippen LogP contribution is 2.34. The molecule has 9 nitrogen and oxygen atoms in total. The molecule has 1 fully saturated rings. The number of amides is 1. The van der Waals surface area contributed by atoms with Crippen LogP contribution in [0.1, 0.15) is 34.6 Å². The number of carbonyl (C=O) groups excluding carboxylic acids is 1. The summed E-state index contributed by atoms with van der Waals surface area (Å²) < 4.78 is 4.02. The summed E-state index contributed by atoms with van der Waals surface area (Å²) in [6.07, 6.45) is 5.06. The van der Waals surface area contributed by atoms with Gasteiger partial charge in [0.15, 0.2) is 5.82 Å². The molecule has 0 radical (unpaired) electrons. The van der Waals surface area contributed by atoms with Crippen molar-refractivity contribution in [3.05, 3.63) is 59.7 Å². The Balaban J connectivity index is 1.28. The van der Waals surface area contributed by atoms with Crippen molar-refractivity contribution in [1.82, 2.24) is 39.6 Å². The second-order valence-corrected chi connectivity index (χ2v) is 8.66. The number of benzene rings is 1. The summed E-state index contributed by atoms with van der Waals surface area (Å²) in [6.45, 7) is 2.05. The van der Waals surface area contributed by atoms with Gasteiger partial charge in [0, 0.05) is 43.4 Å². The van der Waals surface area contributed by atoms with Crippen LogP contribution in [0.4, 0.5) is 0 Å². The highest BCUT2D eigenvalue weighted by atomic mass is 16.2. The number of aryl methyl sites for hydroxylation is 1.